The van der Waals surface area contributed by atoms with Gasteiger partial charge in [0.15, 0.2) is 0 Å². The topological polar surface area (TPSA) is 18.5 Å². The zero-order valence-corrected chi connectivity index (χ0v) is 13.0. The smallest absolute Gasteiger partial charge is 0.0491 e. The molecule has 0 atom stereocenters. The molecule has 0 radical (unpaired) electrons. The van der Waals surface area contributed by atoms with Crippen molar-refractivity contribution < 1.29 is 0 Å². The fourth-order valence-electron chi connectivity index (χ4n) is 2.33. The Morgan fingerprint density at radius 2 is 1.05 bits per heavy atom. The largest absolute Gasteiger partial charge is 0.291 e. The summed E-state index contributed by atoms with van der Waals surface area (Å²) in [6, 6.07) is 21.1. The summed E-state index contributed by atoms with van der Waals surface area (Å²) in [5.41, 5.74) is 2.69. The van der Waals surface area contributed by atoms with Gasteiger partial charge in [-0.1, -0.05) is 60.7 Å². The molecule has 0 spiro atoms. The normalized spacial score (nSPS) is 11.2. The Morgan fingerprint density at radius 3 is 1.43 bits per heavy atom. The Labute approximate surface area is 128 Å². The molecular formula is C18H25N3. The molecule has 0 aromatic heterocycles. The van der Waals surface area contributed by atoms with Crippen molar-refractivity contribution in [2.75, 3.05) is 27.4 Å². The van der Waals surface area contributed by atoms with Gasteiger partial charge in [0.2, 0.25) is 0 Å². The van der Waals surface area contributed by atoms with Crippen LogP contribution in [0, 0.1) is 0 Å². The molecule has 0 heterocycles. The summed E-state index contributed by atoms with van der Waals surface area (Å²) >= 11 is 0. The van der Waals surface area contributed by atoms with Crippen LogP contribution in [0.3, 0.4) is 0 Å². The Balaban J connectivity index is 1.64. The lowest BCUT2D eigenvalue weighted by Crippen LogP contribution is -2.37. The van der Waals surface area contributed by atoms with Gasteiger partial charge >= 0.3 is 0 Å². The molecule has 0 aliphatic heterocycles. The van der Waals surface area contributed by atoms with Gasteiger partial charge in [-0.15, -0.1) is 0 Å². The molecule has 112 valence electrons. The average Bonchev–Trinajstić information content (AvgIpc) is 2.49. The van der Waals surface area contributed by atoms with E-state index < -0.39 is 0 Å². The van der Waals surface area contributed by atoms with Gasteiger partial charge in [0, 0.05) is 26.4 Å². The monoisotopic (exact) mass is 283 g/mol. The quantitative estimate of drug-likeness (QED) is 0.752. The number of nitrogens with zero attached hydrogens (tertiary/aromatic N) is 2. The lowest BCUT2D eigenvalue weighted by molar-refractivity contribution is 0.239. The van der Waals surface area contributed by atoms with Gasteiger partial charge in [-0.05, 0) is 25.2 Å². The second-order valence-corrected chi connectivity index (χ2v) is 5.57. The lowest BCUT2D eigenvalue weighted by Gasteiger charge is -2.21. The van der Waals surface area contributed by atoms with Gasteiger partial charge in [0.05, 0.1) is 0 Å². The van der Waals surface area contributed by atoms with Crippen LogP contribution in [0.2, 0.25) is 0 Å². The predicted octanol–water partition coefficient (Wildman–Crippen LogP) is 2.76. The fourth-order valence-corrected chi connectivity index (χ4v) is 2.33. The van der Waals surface area contributed by atoms with E-state index in [2.05, 4.69) is 89.9 Å². The molecule has 21 heavy (non-hydrogen) atoms. The maximum Gasteiger partial charge on any atom is 0.0491 e. The summed E-state index contributed by atoms with van der Waals surface area (Å²) in [5, 5.41) is 3.48. The minimum atomic E-state index is 0.883. The molecule has 3 nitrogen and oxygen atoms in total. The summed E-state index contributed by atoms with van der Waals surface area (Å²) in [7, 11) is 4.27. The first-order valence-corrected chi connectivity index (χ1v) is 7.39. The Bertz CT molecular complexity index is 451. The second kappa shape index (κ2) is 8.57. The number of nitrogens with one attached hydrogen (secondary N) is 1. The van der Waals surface area contributed by atoms with Gasteiger partial charge in [-0.25, -0.2) is 0 Å². The van der Waals surface area contributed by atoms with Crippen LogP contribution >= 0.6 is 0 Å². The second-order valence-electron chi connectivity index (χ2n) is 5.57. The van der Waals surface area contributed by atoms with E-state index in [1.165, 1.54) is 11.1 Å². The third kappa shape index (κ3) is 6.08. The molecule has 1 N–H and O–H groups in total. The van der Waals surface area contributed by atoms with Gasteiger partial charge < -0.3 is 0 Å². The van der Waals surface area contributed by atoms with Gasteiger partial charge in [0.25, 0.3) is 0 Å². The van der Waals surface area contributed by atoms with E-state index in [0.29, 0.717) is 0 Å². The molecule has 2 aromatic carbocycles. The fraction of sp³-hybridized carbons (Fsp3) is 0.333. The van der Waals surface area contributed by atoms with Crippen molar-refractivity contribution in [2.45, 2.75) is 13.1 Å². The number of benzene rings is 2. The minimum absolute atomic E-state index is 0.883. The van der Waals surface area contributed by atoms with Gasteiger partial charge in [-0.3, -0.25) is 15.1 Å². The van der Waals surface area contributed by atoms with Crippen LogP contribution in [-0.2, 0) is 13.1 Å². The van der Waals surface area contributed by atoms with E-state index in [9.17, 15) is 0 Å². The van der Waals surface area contributed by atoms with Crippen molar-refractivity contribution in [2.24, 2.45) is 0 Å². The van der Waals surface area contributed by atoms with Crippen molar-refractivity contribution in [1.82, 2.24) is 15.1 Å². The zero-order valence-electron chi connectivity index (χ0n) is 13.0. The molecule has 0 saturated carbocycles. The Hall–Kier alpha value is -1.68. The summed E-state index contributed by atoms with van der Waals surface area (Å²) in [6.07, 6.45) is 0. The highest BCUT2D eigenvalue weighted by Gasteiger charge is 2.02. The van der Waals surface area contributed by atoms with Crippen molar-refractivity contribution >= 4 is 0 Å². The maximum absolute atomic E-state index is 3.48. The first kappa shape index (κ1) is 15.7. The average molecular weight is 283 g/mol. The highest BCUT2D eigenvalue weighted by Crippen LogP contribution is 2.02. The molecule has 0 aliphatic rings. The molecule has 3 heteroatoms. The third-order valence-corrected chi connectivity index (χ3v) is 3.35. The van der Waals surface area contributed by atoms with Gasteiger partial charge in [0.1, 0.15) is 0 Å². The lowest BCUT2D eigenvalue weighted by atomic mass is 10.2. The van der Waals surface area contributed by atoms with Crippen LogP contribution in [0.4, 0.5) is 0 Å². The van der Waals surface area contributed by atoms with Crippen LogP contribution < -0.4 is 5.32 Å². The number of hydrogen-bond donors (Lipinski definition) is 1. The molecule has 0 saturated heterocycles. The van der Waals surface area contributed by atoms with E-state index in [0.717, 1.165) is 26.4 Å². The molecule has 0 aliphatic carbocycles. The Kier molecular flexibility index (Phi) is 6.41. The highest BCUT2D eigenvalue weighted by molar-refractivity contribution is 5.15. The first-order valence-electron chi connectivity index (χ1n) is 7.39. The Morgan fingerprint density at radius 1 is 0.667 bits per heavy atom. The summed E-state index contributed by atoms with van der Waals surface area (Å²) in [5.74, 6) is 0. The van der Waals surface area contributed by atoms with Crippen molar-refractivity contribution in [3.63, 3.8) is 0 Å². The van der Waals surface area contributed by atoms with Gasteiger partial charge in [-0.2, -0.15) is 0 Å². The maximum atomic E-state index is 3.48. The van der Waals surface area contributed by atoms with E-state index >= 15 is 0 Å². The van der Waals surface area contributed by atoms with Crippen LogP contribution in [0.25, 0.3) is 0 Å². The van der Waals surface area contributed by atoms with Crippen LogP contribution in [0.5, 0.6) is 0 Å². The molecule has 0 bridgehead atoms. The molecule has 0 amide bonds. The SMILES string of the molecule is CN(CNCN(C)Cc1ccccc1)Cc1ccccc1. The van der Waals surface area contributed by atoms with E-state index in [4.69, 9.17) is 0 Å². The van der Waals surface area contributed by atoms with E-state index in [1.807, 2.05) is 0 Å². The highest BCUT2D eigenvalue weighted by atomic mass is 15.3. The molecular weight excluding hydrogens is 258 g/mol. The van der Waals surface area contributed by atoms with Crippen molar-refractivity contribution in [3.8, 4) is 0 Å². The molecule has 0 unspecified atom stereocenters. The van der Waals surface area contributed by atoms with Crippen LogP contribution in [-0.4, -0.2) is 37.2 Å². The summed E-state index contributed by atoms with van der Waals surface area (Å²) < 4.78 is 0. The summed E-state index contributed by atoms with van der Waals surface area (Å²) in [6.45, 7) is 3.70. The van der Waals surface area contributed by atoms with Crippen LogP contribution in [0.15, 0.2) is 60.7 Å². The van der Waals surface area contributed by atoms with Crippen molar-refractivity contribution in [1.29, 1.82) is 0 Å². The zero-order chi connectivity index (χ0) is 14.9. The minimum Gasteiger partial charge on any atom is -0.291 e. The van der Waals surface area contributed by atoms with E-state index in [-0.39, 0.29) is 0 Å². The summed E-state index contributed by atoms with van der Waals surface area (Å²) in [4.78, 5) is 4.57. The molecule has 2 aromatic rings. The predicted molar refractivity (Wildman–Crippen MR) is 88.7 cm³/mol. The standard InChI is InChI=1S/C18H25N3/c1-20(13-17-9-5-3-6-10-17)15-19-16-21(2)14-18-11-7-4-8-12-18/h3-12,19H,13-16H2,1-2H3. The van der Waals surface area contributed by atoms with Crippen LogP contribution in [0.1, 0.15) is 11.1 Å². The van der Waals surface area contributed by atoms with Crippen molar-refractivity contribution in [3.05, 3.63) is 71.8 Å². The first-order chi connectivity index (χ1) is 10.2. The number of hydrogen-bond acceptors (Lipinski definition) is 3. The third-order valence-electron chi connectivity index (χ3n) is 3.35. The van der Waals surface area contributed by atoms with E-state index in [1.54, 1.807) is 0 Å². The number of rotatable bonds is 8. The molecule has 2 rings (SSSR count). The molecule has 0 fully saturated rings.